The number of hydrogen-bond acceptors (Lipinski definition) is 4. The number of carbonyl (C=O) groups is 3. The zero-order chi connectivity index (χ0) is 14.3. The van der Waals surface area contributed by atoms with E-state index in [1.165, 1.54) is 0 Å². The average Bonchev–Trinajstić information content (AvgIpc) is 2.37. The Labute approximate surface area is 112 Å². The topological polar surface area (TPSA) is 113 Å². The number of carboxylic acids is 1. The summed E-state index contributed by atoms with van der Waals surface area (Å²) in [5, 5.41) is 11.8. The minimum atomic E-state index is -0.781. The second kappa shape index (κ2) is 7.73. The van der Waals surface area contributed by atoms with Crippen LogP contribution < -0.4 is 11.1 Å². The highest BCUT2D eigenvalue weighted by Gasteiger charge is 2.26. The highest BCUT2D eigenvalue weighted by atomic mass is 16.4. The third-order valence-corrected chi connectivity index (χ3v) is 3.25. The van der Waals surface area contributed by atoms with Gasteiger partial charge in [-0.1, -0.05) is 0 Å². The van der Waals surface area contributed by atoms with E-state index in [-0.39, 0.29) is 24.3 Å². The highest BCUT2D eigenvalue weighted by Crippen LogP contribution is 2.16. The summed E-state index contributed by atoms with van der Waals surface area (Å²) in [6.07, 6.45) is 1.96. The van der Waals surface area contributed by atoms with Crippen molar-refractivity contribution in [3.63, 3.8) is 0 Å². The third-order valence-electron chi connectivity index (χ3n) is 3.25. The molecular formula is C12H21N3O4. The number of nitrogens with zero attached hydrogens (tertiary/aromatic N) is 1. The van der Waals surface area contributed by atoms with Crippen molar-refractivity contribution in [3.05, 3.63) is 0 Å². The predicted molar refractivity (Wildman–Crippen MR) is 68.2 cm³/mol. The molecule has 0 aromatic carbocycles. The summed E-state index contributed by atoms with van der Waals surface area (Å²) in [6.45, 7) is 1.79. The number of rotatable bonds is 7. The molecule has 0 aliphatic carbocycles. The molecule has 0 spiro atoms. The number of primary amides is 1. The van der Waals surface area contributed by atoms with Crippen LogP contribution in [0.25, 0.3) is 0 Å². The molecule has 0 aromatic rings. The molecule has 1 saturated heterocycles. The second-order valence-electron chi connectivity index (χ2n) is 4.74. The molecule has 7 nitrogen and oxygen atoms in total. The molecule has 1 heterocycles. The van der Waals surface area contributed by atoms with Crippen LogP contribution in [-0.2, 0) is 14.4 Å². The summed E-state index contributed by atoms with van der Waals surface area (Å²) in [5.74, 6) is -1.48. The van der Waals surface area contributed by atoms with Gasteiger partial charge in [0.25, 0.3) is 0 Å². The Hall–Kier alpha value is -1.63. The lowest BCUT2D eigenvalue weighted by molar-refractivity contribution is -0.145. The first kappa shape index (κ1) is 15.4. The second-order valence-corrected chi connectivity index (χ2v) is 4.74. The maximum atomic E-state index is 11.8. The summed E-state index contributed by atoms with van der Waals surface area (Å²) >= 11 is 0. The lowest BCUT2D eigenvalue weighted by atomic mass is 9.97. The number of amides is 2. The first-order valence-corrected chi connectivity index (χ1v) is 6.50. The SMILES string of the molecule is NC(=O)CCCNCC(=O)N1CCC(C(=O)O)CC1. The molecule has 1 rings (SSSR count). The fraction of sp³-hybridized carbons (Fsp3) is 0.750. The van der Waals surface area contributed by atoms with Crippen molar-refractivity contribution >= 4 is 17.8 Å². The lowest BCUT2D eigenvalue weighted by Gasteiger charge is -2.30. The van der Waals surface area contributed by atoms with Gasteiger partial charge in [-0.15, -0.1) is 0 Å². The van der Waals surface area contributed by atoms with E-state index in [0.717, 1.165) is 0 Å². The number of carbonyl (C=O) groups excluding carboxylic acids is 2. The van der Waals surface area contributed by atoms with Crippen molar-refractivity contribution in [1.82, 2.24) is 10.2 Å². The van der Waals surface area contributed by atoms with E-state index in [1.54, 1.807) is 4.90 Å². The highest BCUT2D eigenvalue weighted by molar-refractivity contribution is 5.79. The van der Waals surface area contributed by atoms with Gasteiger partial charge >= 0.3 is 5.97 Å². The van der Waals surface area contributed by atoms with Crippen LogP contribution in [0.5, 0.6) is 0 Å². The minimum Gasteiger partial charge on any atom is -0.481 e. The summed E-state index contributed by atoms with van der Waals surface area (Å²) in [6, 6.07) is 0. The van der Waals surface area contributed by atoms with Crippen molar-refractivity contribution in [2.24, 2.45) is 11.7 Å². The predicted octanol–water partition coefficient (Wildman–Crippen LogP) is -0.835. The molecule has 0 atom stereocenters. The molecule has 0 aromatic heterocycles. The summed E-state index contributed by atoms with van der Waals surface area (Å²) in [4.78, 5) is 34.8. The van der Waals surface area contributed by atoms with Gasteiger partial charge in [-0.2, -0.15) is 0 Å². The molecule has 0 radical (unpaired) electrons. The van der Waals surface area contributed by atoms with Crippen molar-refractivity contribution < 1.29 is 19.5 Å². The van der Waals surface area contributed by atoms with Crippen molar-refractivity contribution in [1.29, 1.82) is 0 Å². The first-order chi connectivity index (χ1) is 9.00. The zero-order valence-electron chi connectivity index (χ0n) is 10.9. The van der Waals surface area contributed by atoms with Crippen molar-refractivity contribution in [2.75, 3.05) is 26.2 Å². The van der Waals surface area contributed by atoms with E-state index < -0.39 is 5.97 Å². The van der Waals surface area contributed by atoms with E-state index in [1.807, 2.05) is 0 Å². The molecule has 1 aliphatic heterocycles. The Morgan fingerprint density at radius 2 is 1.89 bits per heavy atom. The van der Waals surface area contributed by atoms with Crippen LogP contribution in [0.2, 0.25) is 0 Å². The van der Waals surface area contributed by atoms with Crippen LogP contribution in [0.15, 0.2) is 0 Å². The Morgan fingerprint density at radius 3 is 2.42 bits per heavy atom. The van der Waals surface area contributed by atoms with E-state index in [2.05, 4.69) is 5.32 Å². The fourth-order valence-electron chi connectivity index (χ4n) is 2.07. The molecule has 2 amide bonds. The maximum absolute atomic E-state index is 11.8. The zero-order valence-corrected chi connectivity index (χ0v) is 10.9. The standard InChI is InChI=1S/C12H21N3O4/c13-10(16)2-1-5-14-8-11(17)15-6-3-9(4-7-15)12(18)19/h9,14H,1-8H2,(H2,13,16)(H,18,19). The minimum absolute atomic E-state index is 0.0251. The number of piperidine rings is 1. The van der Waals surface area contributed by atoms with E-state index in [0.29, 0.717) is 45.3 Å². The molecule has 0 unspecified atom stereocenters. The molecule has 4 N–H and O–H groups in total. The summed E-state index contributed by atoms with van der Waals surface area (Å²) in [5.41, 5.74) is 5.00. The number of aliphatic carboxylic acids is 1. The number of hydrogen-bond donors (Lipinski definition) is 3. The van der Waals surface area contributed by atoms with Gasteiger partial charge in [-0.25, -0.2) is 0 Å². The van der Waals surface area contributed by atoms with Crippen LogP contribution in [-0.4, -0.2) is 54.0 Å². The molecule has 0 saturated carbocycles. The Bertz CT molecular complexity index is 338. The van der Waals surface area contributed by atoms with Crippen LogP contribution in [0, 0.1) is 5.92 Å². The largest absolute Gasteiger partial charge is 0.481 e. The normalized spacial score (nSPS) is 16.3. The molecule has 108 valence electrons. The van der Waals surface area contributed by atoms with Gasteiger partial charge in [0.1, 0.15) is 0 Å². The van der Waals surface area contributed by atoms with Gasteiger partial charge in [0.05, 0.1) is 12.5 Å². The summed E-state index contributed by atoms with van der Waals surface area (Å²) in [7, 11) is 0. The van der Waals surface area contributed by atoms with Gasteiger partial charge in [0.2, 0.25) is 11.8 Å². The van der Waals surface area contributed by atoms with Crippen molar-refractivity contribution in [2.45, 2.75) is 25.7 Å². The van der Waals surface area contributed by atoms with Gasteiger partial charge < -0.3 is 21.1 Å². The number of nitrogens with two attached hydrogens (primary N) is 1. The third kappa shape index (κ3) is 5.69. The van der Waals surface area contributed by atoms with Gasteiger partial charge in [0, 0.05) is 19.5 Å². The van der Waals surface area contributed by atoms with Gasteiger partial charge in [0.15, 0.2) is 0 Å². The average molecular weight is 271 g/mol. The van der Waals surface area contributed by atoms with E-state index >= 15 is 0 Å². The Morgan fingerprint density at radius 1 is 1.26 bits per heavy atom. The van der Waals surface area contributed by atoms with Gasteiger partial charge in [-0.3, -0.25) is 14.4 Å². The molecule has 0 bridgehead atoms. The Balaban J connectivity index is 2.14. The number of nitrogens with one attached hydrogen (secondary N) is 1. The number of carboxylic acid groups (broad SMARTS) is 1. The van der Waals surface area contributed by atoms with Crippen molar-refractivity contribution in [3.8, 4) is 0 Å². The molecule has 7 heteroatoms. The van der Waals surface area contributed by atoms with E-state index in [9.17, 15) is 14.4 Å². The molecule has 1 aliphatic rings. The van der Waals surface area contributed by atoms with Crippen LogP contribution in [0.4, 0.5) is 0 Å². The lowest BCUT2D eigenvalue weighted by Crippen LogP contribution is -2.44. The Kier molecular flexibility index (Phi) is 6.27. The van der Waals surface area contributed by atoms with Gasteiger partial charge in [-0.05, 0) is 25.8 Å². The molecule has 1 fully saturated rings. The quantitative estimate of drug-likeness (QED) is 0.523. The van der Waals surface area contributed by atoms with Crippen LogP contribution in [0.1, 0.15) is 25.7 Å². The maximum Gasteiger partial charge on any atom is 0.306 e. The monoisotopic (exact) mass is 271 g/mol. The van der Waals surface area contributed by atoms with E-state index in [4.69, 9.17) is 10.8 Å². The molecular weight excluding hydrogens is 250 g/mol. The number of likely N-dealkylation sites (tertiary alicyclic amines) is 1. The first-order valence-electron chi connectivity index (χ1n) is 6.50. The van der Waals surface area contributed by atoms with Crippen LogP contribution >= 0.6 is 0 Å². The van der Waals surface area contributed by atoms with Crippen LogP contribution in [0.3, 0.4) is 0 Å². The fourth-order valence-corrected chi connectivity index (χ4v) is 2.07. The molecule has 19 heavy (non-hydrogen) atoms. The smallest absolute Gasteiger partial charge is 0.306 e. The summed E-state index contributed by atoms with van der Waals surface area (Å²) < 4.78 is 0.